The second kappa shape index (κ2) is 3.72. The fourth-order valence-electron chi connectivity index (χ4n) is 0.866. The van der Waals surface area contributed by atoms with Crippen LogP contribution in [0.2, 0.25) is 0 Å². The van der Waals surface area contributed by atoms with Crippen LogP contribution in [0.3, 0.4) is 0 Å². The average molecular weight is 231 g/mol. The second-order valence-corrected chi connectivity index (χ2v) is 3.08. The second-order valence-electron chi connectivity index (χ2n) is 2.22. The summed E-state index contributed by atoms with van der Waals surface area (Å²) in [5, 5.41) is 0. The van der Waals surface area contributed by atoms with Crippen molar-refractivity contribution in [3.63, 3.8) is 0 Å². The van der Waals surface area contributed by atoms with Gasteiger partial charge < -0.3 is 4.74 Å². The molecule has 64 valence electrons. The molecular formula is C9H8BrFO. The van der Waals surface area contributed by atoms with Crippen molar-refractivity contribution in [1.29, 1.82) is 0 Å². The number of methoxy groups -OCH3 is 1. The Labute approximate surface area is 79.0 Å². The lowest BCUT2D eigenvalue weighted by Crippen LogP contribution is -1.91. The molecule has 1 aromatic rings. The smallest absolute Gasteiger partial charge is 0.135 e. The zero-order valence-corrected chi connectivity index (χ0v) is 8.19. The van der Waals surface area contributed by atoms with Gasteiger partial charge in [-0.2, -0.15) is 0 Å². The molecule has 0 aliphatic heterocycles. The summed E-state index contributed by atoms with van der Waals surface area (Å²) in [5.41, 5.74) is 0.375. The van der Waals surface area contributed by atoms with Crippen LogP contribution in [0, 0.1) is 5.82 Å². The van der Waals surface area contributed by atoms with Gasteiger partial charge in [-0.15, -0.1) is 0 Å². The number of rotatable bonds is 2. The van der Waals surface area contributed by atoms with E-state index in [2.05, 4.69) is 22.5 Å². The summed E-state index contributed by atoms with van der Waals surface area (Å²) >= 11 is 3.21. The van der Waals surface area contributed by atoms with Crippen molar-refractivity contribution in [2.75, 3.05) is 7.11 Å². The van der Waals surface area contributed by atoms with E-state index in [0.29, 0.717) is 15.8 Å². The fourth-order valence-corrected chi connectivity index (χ4v) is 1.43. The third kappa shape index (κ3) is 1.67. The van der Waals surface area contributed by atoms with E-state index in [-0.39, 0.29) is 5.82 Å². The molecule has 0 atom stereocenters. The van der Waals surface area contributed by atoms with Crippen LogP contribution < -0.4 is 0 Å². The van der Waals surface area contributed by atoms with E-state index in [1.807, 2.05) is 0 Å². The summed E-state index contributed by atoms with van der Waals surface area (Å²) in [6.45, 7) is 3.57. The van der Waals surface area contributed by atoms with Crippen LogP contribution in [0.1, 0.15) is 5.56 Å². The number of hydrogen-bond donors (Lipinski definition) is 0. The molecule has 0 radical (unpaired) electrons. The predicted molar refractivity (Wildman–Crippen MR) is 50.1 cm³/mol. The van der Waals surface area contributed by atoms with Crippen LogP contribution in [-0.4, -0.2) is 7.11 Å². The average Bonchev–Trinajstić information content (AvgIpc) is 2.03. The Morgan fingerprint density at radius 1 is 1.58 bits per heavy atom. The maximum atomic E-state index is 13.1. The van der Waals surface area contributed by atoms with Crippen molar-refractivity contribution in [1.82, 2.24) is 0 Å². The molecule has 0 saturated carbocycles. The van der Waals surface area contributed by atoms with E-state index in [1.54, 1.807) is 12.1 Å². The minimum Gasteiger partial charge on any atom is -0.497 e. The SMILES string of the molecule is C=C(OC)c1c(F)cccc1Br. The van der Waals surface area contributed by atoms with Gasteiger partial charge in [-0.1, -0.05) is 12.6 Å². The Bertz CT molecular complexity index is 289. The number of ether oxygens (including phenoxy) is 1. The van der Waals surface area contributed by atoms with Gasteiger partial charge in [0.2, 0.25) is 0 Å². The number of halogens is 2. The van der Waals surface area contributed by atoms with Gasteiger partial charge in [-0.05, 0) is 28.1 Å². The van der Waals surface area contributed by atoms with Gasteiger partial charge in [0.05, 0.1) is 12.7 Å². The molecule has 12 heavy (non-hydrogen) atoms. The monoisotopic (exact) mass is 230 g/mol. The number of benzene rings is 1. The van der Waals surface area contributed by atoms with Gasteiger partial charge >= 0.3 is 0 Å². The molecule has 1 rings (SSSR count). The Kier molecular flexibility index (Phi) is 2.87. The summed E-state index contributed by atoms with van der Waals surface area (Å²) in [5.74, 6) is -0.0174. The highest BCUT2D eigenvalue weighted by atomic mass is 79.9. The van der Waals surface area contributed by atoms with Gasteiger partial charge in [-0.25, -0.2) is 4.39 Å². The van der Waals surface area contributed by atoms with Crippen LogP contribution in [0.4, 0.5) is 4.39 Å². The molecule has 0 amide bonds. The standard InChI is InChI=1S/C9H8BrFO/c1-6(12-2)9-7(10)4-3-5-8(9)11/h3-5H,1H2,2H3. The summed E-state index contributed by atoms with van der Waals surface area (Å²) in [4.78, 5) is 0. The van der Waals surface area contributed by atoms with Crippen molar-refractivity contribution in [3.05, 3.63) is 40.6 Å². The van der Waals surface area contributed by atoms with Gasteiger partial charge in [0, 0.05) is 4.47 Å². The van der Waals surface area contributed by atoms with E-state index in [0.717, 1.165) is 0 Å². The molecule has 0 spiro atoms. The van der Waals surface area contributed by atoms with Gasteiger partial charge in [-0.3, -0.25) is 0 Å². The minimum absolute atomic E-state index is 0.319. The first kappa shape index (κ1) is 9.26. The molecular weight excluding hydrogens is 223 g/mol. The molecule has 3 heteroatoms. The highest BCUT2D eigenvalue weighted by molar-refractivity contribution is 9.10. The molecule has 0 heterocycles. The van der Waals surface area contributed by atoms with Crippen molar-refractivity contribution in [2.45, 2.75) is 0 Å². The molecule has 0 N–H and O–H groups in total. The van der Waals surface area contributed by atoms with E-state index >= 15 is 0 Å². The molecule has 0 fully saturated rings. The lowest BCUT2D eigenvalue weighted by molar-refractivity contribution is 0.368. The van der Waals surface area contributed by atoms with E-state index in [9.17, 15) is 4.39 Å². The molecule has 0 saturated heterocycles. The van der Waals surface area contributed by atoms with Crippen LogP contribution in [0.15, 0.2) is 29.3 Å². The third-order valence-corrected chi connectivity index (χ3v) is 2.15. The van der Waals surface area contributed by atoms with Crippen molar-refractivity contribution in [3.8, 4) is 0 Å². The molecule has 0 bridgehead atoms. The lowest BCUT2D eigenvalue weighted by atomic mass is 10.2. The largest absolute Gasteiger partial charge is 0.497 e. The van der Waals surface area contributed by atoms with Crippen LogP contribution in [0.25, 0.3) is 5.76 Å². The Hall–Kier alpha value is -0.830. The molecule has 0 aliphatic carbocycles. The summed E-state index contributed by atoms with van der Waals surface area (Å²) in [7, 11) is 1.46. The first-order valence-corrected chi connectivity index (χ1v) is 4.13. The van der Waals surface area contributed by atoms with Crippen LogP contribution in [0.5, 0.6) is 0 Å². The molecule has 0 aromatic heterocycles. The zero-order chi connectivity index (χ0) is 9.14. The fraction of sp³-hybridized carbons (Fsp3) is 0.111. The van der Waals surface area contributed by atoms with E-state index in [1.165, 1.54) is 13.2 Å². The number of hydrogen-bond acceptors (Lipinski definition) is 1. The normalized spacial score (nSPS) is 9.58. The van der Waals surface area contributed by atoms with Gasteiger partial charge in [0.25, 0.3) is 0 Å². The quantitative estimate of drug-likeness (QED) is 0.710. The first-order chi connectivity index (χ1) is 5.66. The summed E-state index contributed by atoms with van der Waals surface area (Å²) in [6, 6.07) is 4.72. The van der Waals surface area contributed by atoms with Crippen molar-refractivity contribution < 1.29 is 9.13 Å². The zero-order valence-electron chi connectivity index (χ0n) is 6.60. The van der Waals surface area contributed by atoms with Gasteiger partial charge in [0.1, 0.15) is 11.6 Å². The topological polar surface area (TPSA) is 9.23 Å². The first-order valence-electron chi connectivity index (χ1n) is 3.34. The Morgan fingerprint density at radius 2 is 2.25 bits per heavy atom. The van der Waals surface area contributed by atoms with Crippen molar-refractivity contribution >= 4 is 21.7 Å². The van der Waals surface area contributed by atoms with Gasteiger partial charge in [0.15, 0.2) is 0 Å². The van der Waals surface area contributed by atoms with E-state index in [4.69, 9.17) is 4.74 Å². The Balaban J connectivity index is 3.21. The molecule has 0 unspecified atom stereocenters. The maximum Gasteiger partial charge on any atom is 0.135 e. The van der Waals surface area contributed by atoms with Crippen LogP contribution in [-0.2, 0) is 4.74 Å². The maximum absolute atomic E-state index is 13.1. The summed E-state index contributed by atoms with van der Waals surface area (Å²) < 4.78 is 18.6. The molecule has 0 aliphatic rings. The predicted octanol–water partition coefficient (Wildman–Crippen LogP) is 3.21. The molecule has 1 aromatic carbocycles. The third-order valence-electron chi connectivity index (χ3n) is 1.49. The Morgan fingerprint density at radius 3 is 2.75 bits per heavy atom. The molecule has 1 nitrogen and oxygen atoms in total. The summed E-state index contributed by atoms with van der Waals surface area (Å²) in [6.07, 6.45) is 0. The minimum atomic E-state index is -0.337. The van der Waals surface area contributed by atoms with Crippen LogP contribution >= 0.6 is 15.9 Å². The van der Waals surface area contributed by atoms with Crippen molar-refractivity contribution in [2.24, 2.45) is 0 Å². The highest BCUT2D eigenvalue weighted by Crippen LogP contribution is 2.25. The highest BCUT2D eigenvalue weighted by Gasteiger charge is 2.09. The lowest BCUT2D eigenvalue weighted by Gasteiger charge is -2.07. The van der Waals surface area contributed by atoms with E-state index < -0.39 is 0 Å².